The van der Waals surface area contributed by atoms with Crippen molar-refractivity contribution >= 4 is 5.91 Å². The number of rotatable bonds is 1. The van der Waals surface area contributed by atoms with E-state index in [-0.39, 0.29) is 23.9 Å². The molecule has 1 amide bonds. The highest BCUT2D eigenvalue weighted by atomic mass is 16.2. The number of carbonyl (C=O) groups is 1. The predicted octanol–water partition coefficient (Wildman–Crippen LogP) is 0.981. The van der Waals surface area contributed by atoms with Gasteiger partial charge in [0, 0.05) is 24.5 Å². The van der Waals surface area contributed by atoms with Gasteiger partial charge in [0.2, 0.25) is 5.91 Å². The van der Waals surface area contributed by atoms with Crippen LogP contribution in [0.1, 0.15) is 33.6 Å². The smallest absolute Gasteiger partial charge is 0.225 e. The van der Waals surface area contributed by atoms with Crippen LogP contribution in [-0.4, -0.2) is 29.4 Å². The summed E-state index contributed by atoms with van der Waals surface area (Å²) in [5.41, 5.74) is 5.91. The number of carbonyl (C=O) groups excluding carboxylic acids is 1. The van der Waals surface area contributed by atoms with Gasteiger partial charge in [0.25, 0.3) is 0 Å². The summed E-state index contributed by atoms with van der Waals surface area (Å²) in [6, 6.07) is 0.375. The van der Waals surface area contributed by atoms with Crippen LogP contribution < -0.4 is 5.73 Å². The van der Waals surface area contributed by atoms with Crippen molar-refractivity contribution in [3.05, 3.63) is 0 Å². The number of amides is 1. The molecule has 13 heavy (non-hydrogen) atoms. The lowest BCUT2D eigenvalue weighted by Crippen LogP contribution is -2.53. The number of piperidine rings is 1. The van der Waals surface area contributed by atoms with Gasteiger partial charge in [-0.2, -0.15) is 0 Å². The van der Waals surface area contributed by atoms with Crippen LogP contribution in [0.2, 0.25) is 0 Å². The fourth-order valence-corrected chi connectivity index (χ4v) is 1.82. The number of hydrogen-bond donors (Lipinski definition) is 1. The van der Waals surface area contributed by atoms with E-state index in [1.165, 1.54) is 0 Å². The lowest BCUT2D eigenvalue weighted by molar-refractivity contribution is -0.138. The molecule has 1 aliphatic rings. The number of hydrogen-bond acceptors (Lipinski definition) is 2. The largest absolute Gasteiger partial charge is 0.338 e. The molecule has 2 N–H and O–H groups in total. The molecular formula is C10H20N2O. The second-order valence-corrected chi connectivity index (χ2v) is 4.23. The molecular weight excluding hydrogens is 164 g/mol. The van der Waals surface area contributed by atoms with Crippen molar-refractivity contribution < 1.29 is 4.79 Å². The molecule has 1 saturated heterocycles. The normalized spacial score (nSPS) is 29.5. The first-order valence-corrected chi connectivity index (χ1v) is 5.10. The van der Waals surface area contributed by atoms with Crippen LogP contribution in [0.15, 0.2) is 0 Å². The Kier molecular flexibility index (Phi) is 3.31. The molecule has 1 fully saturated rings. The average molecular weight is 184 g/mol. The first kappa shape index (κ1) is 10.5. The highest BCUT2D eigenvalue weighted by Gasteiger charge is 2.29. The van der Waals surface area contributed by atoms with Gasteiger partial charge in [-0.15, -0.1) is 0 Å². The van der Waals surface area contributed by atoms with Crippen molar-refractivity contribution in [2.45, 2.75) is 45.7 Å². The summed E-state index contributed by atoms with van der Waals surface area (Å²) < 4.78 is 0. The van der Waals surface area contributed by atoms with E-state index in [9.17, 15) is 4.79 Å². The summed E-state index contributed by atoms with van der Waals surface area (Å²) in [7, 11) is 0. The second kappa shape index (κ2) is 4.09. The minimum absolute atomic E-state index is 0.0905. The topological polar surface area (TPSA) is 46.3 Å². The zero-order chi connectivity index (χ0) is 10.0. The lowest BCUT2D eigenvalue weighted by atomic mass is 9.97. The Morgan fingerprint density at radius 2 is 2.15 bits per heavy atom. The molecule has 3 heteroatoms. The predicted molar refractivity (Wildman–Crippen MR) is 53.2 cm³/mol. The van der Waals surface area contributed by atoms with Gasteiger partial charge < -0.3 is 10.6 Å². The maximum Gasteiger partial charge on any atom is 0.225 e. The van der Waals surface area contributed by atoms with Crippen molar-refractivity contribution in [3.63, 3.8) is 0 Å². The van der Waals surface area contributed by atoms with Crippen molar-refractivity contribution in [2.24, 2.45) is 11.7 Å². The van der Waals surface area contributed by atoms with Crippen LogP contribution in [-0.2, 0) is 4.79 Å². The number of nitrogens with two attached hydrogens (primary N) is 1. The summed E-state index contributed by atoms with van der Waals surface area (Å²) in [5, 5.41) is 0. The minimum Gasteiger partial charge on any atom is -0.338 e. The Balaban J connectivity index is 2.62. The molecule has 0 aromatic heterocycles. The van der Waals surface area contributed by atoms with Crippen LogP contribution in [0.25, 0.3) is 0 Å². The van der Waals surface area contributed by atoms with Crippen LogP contribution >= 0.6 is 0 Å². The summed E-state index contributed by atoms with van der Waals surface area (Å²) in [5.74, 6) is 0.329. The quantitative estimate of drug-likeness (QED) is 0.660. The first-order valence-electron chi connectivity index (χ1n) is 5.10. The van der Waals surface area contributed by atoms with Crippen molar-refractivity contribution in [2.75, 3.05) is 6.54 Å². The fraction of sp³-hybridized carbons (Fsp3) is 0.900. The van der Waals surface area contributed by atoms with Crippen molar-refractivity contribution in [1.82, 2.24) is 4.90 Å². The van der Waals surface area contributed by atoms with Crippen molar-refractivity contribution in [3.8, 4) is 0 Å². The Labute approximate surface area is 80.3 Å². The molecule has 76 valence electrons. The molecule has 1 rings (SSSR count). The average Bonchev–Trinajstić information content (AvgIpc) is 2.08. The van der Waals surface area contributed by atoms with Crippen LogP contribution in [0, 0.1) is 5.92 Å². The van der Waals surface area contributed by atoms with Gasteiger partial charge in [-0.05, 0) is 19.8 Å². The molecule has 0 bridgehead atoms. The van der Waals surface area contributed by atoms with Crippen LogP contribution in [0.3, 0.4) is 0 Å². The third kappa shape index (κ3) is 2.21. The van der Waals surface area contributed by atoms with Gasteiger partial charge in [0.1, 0.15) is 0 Å². The van der Waals surface area contributed by atoms with E-state index < -0.39 is 0 Å². The highest BCUT2D eigenvalue weighted by Crippen LogP contribution is 2.17. The standard InChI is InChI=1S/C10H20N2O/c1-7(2)10(13)12-6-4-5-9(11)8(12)3/h7-9H,4-6,11H2,1-3H3/t8-,9-/m1/s1. The molecule has 0 aromatic carbocycles. The molecule has 0 unspecified atom stereocenters. The van der Waals surface area contributed by atoms with E-state index in [0.29, 0.717) is 0 Å². The molecule has 3 nitrogen and oxygen atoms in total. The van der Waals surface area contributed by atoms with Gasteiger partial charge in [-0.3, -0.25) is 4.79 Å². The second-order valence-electron chi connectivity index (χ2n) is 4.23. The molecule has 0 spiro atoms. The SMILES string of the molecule is CC(C)C(=O)N1CCC[C@@H](N)[C@H]1C. The number of likely N-dealkylation sites (tertiary alicyclic amines) is 1. The Morgan fingerprint density at radius 3 is 2.69 bits per heavy atom. The Hall–Kier alpha value is -0.570. The summed E-state index contributed by atoms with van der Waals surface area (Å²) in [4.78, 5) is 13.7. The molecule has 2 atom stereocenters. The third-order valence-corrected chi connectivity index (χ3v) is 2.82. The molecule has 1 aliphatic heterocycles. The molecule has 1 heterocycles. The monoisotopic (exact) mass is 184 g/mol. The van der Waals surface area contributed by atoms with Crippen LogP contribution in [0.5, 0.6) is 0 Å². The van der Waals surface area contributed by atoms with E-state index in [1.54, 1.807) is 0 Å². The molecule has 0 saturated carbocycles. The maximum atomic E-state index is 11.7. The maximum absolute atomic E-state index is 11.7. The molecule has 0 aliphatic carbocycles. The van der Waals surface area contributed by atoms with E-state index in [4.69, 9.17) is 5.73 Å². The Bertz CT molecular complexity index is 191. The highest BCUT2D eigenvalue weighted by molar-refractivity contribution is 5.78. The van der Waals surface area contributed by atoms with Gasteiger partial charge >= 0.3 is 0 Å². The van der Waals surface area contributed by atoms with E-state index in [0.717, 1.165) is 19.4 Å². The van der Waals surface area contributed by atoms with Gasteiger partial charge in [0.15, 0.2) is 0 Å². The molecule has 0 radical (unpaired) electrons. The molecule has 0 aromatic rings. The summed E-state index contributed by atoms with van der Waals surface area (Å²) in [6.45, 7) is 6.81. The zero-order valence-corrected chi connectivity index (χ0v) is 8.79. The summed E-state index contributed by atoms with van der Waals surface area (Å²) in [6.07, 6.45) is 2.09. The van der Waals surface area contributed by atoms with Gasteiger partial charge in [-0.25, -0.2) is 0 Å². The van der Waals surface area contributed by atoms with E-state index in [1.807, 2.05) is 25.7 Å². The minimum atomic E-state index is 0.0905. The Morgan fingerprint density at radius 1 is 1.54 bits per heavy atom. The third-order valence-electron chi connectivity index (χ3n) is 2.82. The summed E-state index contributed by atoms with van der Waals surface area (Å²) >= 11 is 0. The van der Waals surface area contributed by atoms with E-state index >= 15 is 0 Å². The fourth-order valence-electron chi connectivity index (χ4n) is 1.82. The first-order chi connectivity index (χ1) is 6.04. The van der Waals surface area contributed by atoms with Crippen molar-refractivity contribution in [1.29, 1.82) is 0 Å². The van der Waals surface area contributed by atoms with E-state index in [2.05, 4.69) is 0 Å². The lowest BCUT2D eigenvalue weighted by Gasteiger charge is -2.38. The van der Waals surface area contributed by atoms with Crippen LogP contribution in [0.4, 0.5) is 0 Å². The number of nitrogens with zero attached hydrogens (tertiary/aromatic N) is 1. The zero-order valence-electron chi connectivity index (χ0n) is 8.79. The van der Waals surface area contributed by atoms with Gasteiger partial charge in [-0.1, -0.05) is 13.8 Å². The van der Waals surface area contributed by atoms with Gasteiger partial charge in [0.05, 0.1) is 0 Å².